The van der Waals surface area contributed by atoms with E-state index in [9.17, 15) is 13.2 Å². The Hall–Kier alpha value is -1.49. The van der Waals surface area contributed by atoms with E-state index >= 15 is 0 Å². The minimum atomic E-state index is -4.34. The summed E-state index contributed by atoms with van der Waals surface area (Å²) in [6, 6.07) is 4.69. The average molecular weight is 262 g/mol. The first-order valence-corrected chi connectivity index (χ1v) is 5.22. The summed E-state index contributed by atoms with van der Waals surface area (Å²) in [6.45, 7) is 0. The molecule has 0 radical (unpaired) electrons. The highest BCUT2D eigenvalue weighted by Gasteiger charge is 2.30. The average Bonchev–Trinajstić information content (AvgIpc) is 2.76. The Morgan fingerprint density at radius 2 is 1.82 bits per heavy atom. The van der Waals surface area contributed by atoms with Crippen LogP contribution in [-0.4, -0.2) is 5.16 Å². The van der Waals surface area contributed by atoms with Crippen LogP contribution >= 0.6 is 11.6 Å². The Kier molecular flexibility index (Phi) is 3.11. The highest BCUT2D eigenvalue weighted by molar-refractivity contribution is 6.17. The summed E-state index contributed by atoms with van der Waals surface area (Å²) < 4.78 is 41.8. The lowest BCUT2D eigenvalue weighted by molar-refractivity contribution is -0.137. The molecule has 1 heterocycles. The lowest BCUT2D eigenvalue weighted by atomic mass is 10.1. The van der Waals surface area contributed by atoms with E-state index in [0.29, 0.717) is 16.8 Å². The van der Waals surface area contributed by atoms with Crippen LogP contribution in [0.5, 0.6) is 0 Å². The van der Waals surface area contributed by atoms with E-state index < -0.39 is 11.7 Å². The summed E-state index contributed by atoms with van der Waals surface area (Å²) in [6.07, 6.45) is -2.96. The van der Waals surface area contributed by atoms with Gasteiger partial charge in [0.05, 0.1) is 11.4 Å². The molecule has 0 aliphatic carbocycles. The van der Waals surface area contributed by atoms with Gasteiger partial charge in [0, 0.05) is 11.1 Å². The molecule has 2 aromatic rings. The van der Waals surface area contributed by atoms with E-state index in [1.165, 1.54) is 18.4 Å². The van der Waals surface area contributed by atoms with Crippen molar-refractivity contribution in [3.8, 4) is 11.3 Å². The number of hydrogen-bond donors (Lipinski definition) is 0. The fraction of sp³-hybridized carbons (Fsp3) is 0.182. The number of hydrogen-bond acceptors (Lipinski definition) is 2. The maximum absolute atomic E-state index is 12.4. The second-order valence-electron chi connectivity index (χ2n) is 3.40. The van der Waals surface area contributed by atoms with Crippen LogP contribution in [0, 0.1) is 0 Å². The summed E-state index contributed by atoms with van der Waals surface area (Å²) in [5.74, 6) is 0.194. The molecule has 0 amide bonds. The Labute approximate surface area is 100.0 Å². The van der Waals surface area contributed by atoms with Crippen molar-refractivity contribution in [1.82, 2.24) is 5.16 Å². The smallest absolute Gasteiger partial charge is 0.364 e. The molecular formula is C11H7ClF3NO. The summed E-state index contributed by atoms with van der Waals surface area (Å²) in [7, 11) is 0. The monoisotopic (exact) mass is 261 g/mol. The zero-order chi connectivity index (χ0) is 12.5. The molecule has 0 N–H and O–H groups in total. The molecule has 0 fully saturated rings. The number of alkyl halides is 4. The summed E-state index contributed by atoms with van der Waals surface area (Å²) >= 11 is 5.65. The molecule has 0 saturated heterocycles. The topological polar surface area (TPSA) is 26.0 Å². The number of halogens is 4. The van der Waals surface area contributed by atoms with Gasteiger partial charge in [0.1, 0.15) is 12.0 Å². The predicted octanol–water partition coefficient (Wildman–Crippen LogP) is 4.10. The molecule has 2 rings (SSSR count). The summed E-state index contributed by atoms with van der Waals surface area (Å²) in [5.41, 5.74) is 0.958. The van der Waals surface area contributed by atoms with E-state index in [1.54, 1.807) is 0 Å². The standard InChI is InChI=1S/C11H7ClF3NO/c12-5-8-6-17-16-10(8)7-1-3-9(4-2-7)11(13,14)15/h1-4,6H,5H2. The van der Waals surface area contributed by atoms with Gasteiger partial charge in [-0.3, -0.25) is 0 Å². The maximum Gasteiger partial charge on any atom is 0.416 e. The van der Waals surface area contributed by atoms with E-state index in [0.717, 1.165) is 12.1 Å². The van der Waals surface area contributed by atoms with Gasteiger partial charge in [0.15, 0.2) is 0 Å². The molecule has 0 unspecified atom stereocenters. The van der Waals surface area contributed by atoms with E-state index in [1.807, 2.05) is 0 Å². The molecule has 0 aliphatic heterocycles. The van der Waals surface area contributed by atoms with Gasteiger partial charge in [-0.25, -0.2) is 0 Å². The van der Waals surface area contributed by atoms with Gasteiger partial charge < -0.3 is 4.52 Å². The van der Waals surface area contributed by atoms with Crippen LogP contribution in [0.2, 0.25) is 0 Å². The van der Waals surface area contributed by atoms with Gasteiger partial charge in [-0.05, 0) is 12.1 Å². The molecule has 0 saturated carbocycles. The highest BCUT2D eigenvalue weighted by Crippen LogP contribution is 2.31. The minimum absolute atomic E-state index is 0.194. The van der Waals surface area contributed by atoms with Gasteiger partial charge >= 0.3 is 6.18 Å². The zero-order valence-corrected chi connectivity index (χ0v) is 9.22. The molecule has 1 aromatic heterocycles. The minimum Gasteiger partial charge on any atom is -0.364 e. The highest BCUT2D eigenvalue weighted by atomic mass is 35.5. The van der Waals surface area contributed by atoms with Gasteiger partial charge in [-0.1, -0.05) is 17.3 Å². The fourth-order valence-corrected chi connectivity index (χ4v) is 1.60. The number of aromatic nitrogens is 1. The van der Waals surface area contributed by atoms with E-state index in [-0.39, 0.29) is 5.88 Å². The van der Waals surface area contributed by atoms with Crippen molar-refractivity contribution in [1.29, 1.82) is 0 Å². The molecule has 90 valence electrons. The molecule has 0 spiro atoms. The van der Waals surface area contributed by atoms with Crippen molar-refractivity contribution in [3.63, 3.8) is 0 Å². The van der Waals surface area contributed by atoms with Crippen LogP contribution in [0.3, 0.4) is 0 Å². The van der Waals surface area contributed by atoms with Crippen LogP contribution in [0.4, 0.5) is 13.2 Å². The van der Waals surface area contributed by atoms with Crippen molar-refractivity contribution in [3.05, 3.63) is 41.7 Å². The van der Waals surface area contributed by atoms with Crippen molar-refractivity contribution < 1.29 is 17.7 Å². The number of rotatable bonds is 2. The number of nitrogens with zero attached hydrogens (tertiary/aromatic N) is 1. The van der Waals surface area contributed by atoms with Crippen molar-refractivity contribution in [2.45, 2.75) is 12.1 Å². The first-order chi connectivity index (χ1) is 8.02. The molecule has 2 nitrogen and oxygen atoms in total. The zero-order valence-electron chi connectivity index (χ0n) is 8.46. The lowest BCUT2D eigenvalue weighted by Crippen LogP contribution is -2.04. The molecular weight excluding hydrogens is 255 g/mol. The van der Waals surface area contributed by atoms with Gasteiger partial charge in [-0.15, -0.1) is 11.6 Å². The second kappa shape index (κ2) is 4.41. The second-order valence-corrected chi connectivity index (χ2v) is 3.66. The molecule has 1 aromatic carbocycles. The third kappa shape index (κ3) is 2.44. The Morgan fingerprint density at radius 1 is 1.18 bits per heavy atom. The third-order valence-corrected chi connectivity index (χ3v) is 2.56. The van der Waals surface area contributed by atoms with Crippen molar-refractivity contribution in [2.75, 3.05) is 0 Å². The third-order valence-electron chi connectivity index (χ3n) is 2.27. The molecule has 17 heavy (non-hydrogen) atoms. The largest absolute Gasteiger partial charge is 0.416 e. The molecule has 0 aliphatic rings. The van der Waals surface area contributed by atoms with E-state index in [2.05, 4.69) is 5.16 Å². The normalized spacial score (nSPS) is 11.8. The Bertz CT molecular complexity index is 504. The fourth-order valence-electron chi connectivity index (χ4n) is 1.41. The van der Waals surface area contributed by atoms with Crippen molar-refractivity contribution in [2.24, 2.45) is 0 Å². The van der Waals surface area contributed by atoms with Crippen molar-refractivity contribution >= 4 is 11.6 Å². The van der Waals surface area contributed by atoms with Crippen LogP contribution in [0.1, 0.15) is 11.1 Å². The Morgan fingerprint density at radius 3 is 2.35 bits per heavy atom. The van der Waals surface area contributed by atoms with Gasteiger partial charge in [-0.2, -0.15) is 13.2 Å². The van der Waals surface area contributed by atoms with Gasteiger partial charge in [0.2, 0.25) is 0 Å². The van der Waals surface area contributed by atoms with Crippen LogP contribution < -0.4 is 0 Å². The van der Waals surface area contributed by atoms with Crippen LogP contribution in [-0.2, 0) is 12.1 Å². The first-order valence-electron chi connectivity index (χ1n) is 4.69. The SMILES string of the molecule is FC(F)(F)c1ccc(-c2nocc2CCl)cc1. The molecule has 6 heteroatoms. The summed E-state index contributed by atoms with van der Waals surface area (Å²) in [4.78, 5) is 0. The molecule has 0 bridgehead atoms. The van der Waals surface area contributed by atoms with E-state index in [4.69, 9.17) is 16.1 Å². The molecule has 0 atom stereocenters. The first kappa shape index (κ1) is 12.0. The summed E-state index contributed by atoms with van der Waals surface area (Å²) in [5, 5.41) is 3.71. The maximum atomic E-state index is 12.4. The quantitative estimate of drug-likeness (QED) is 0.761. The van der Waals surface area contributed by atoms with Crippen LogP contribution in [0.25, 0.3) is 11.3 Å². The predicted molar refractivity (Wildman–Crippen MR) is 56.5 cm³/mol. The van der Waals surface area contributed by atoms with Gasteiger partial charge in [0.25, 0.3) is 0 Å². The Balaban J connectivity index is 2.36. The van der Waals surface area contributed by atoms with Crippen LogP contribution in [0.15, 0.2) is 35.1 Å². The number of benzene rings is 1. The lowest BCUT2D eigenvalue weighted by Gasteiger charge is -2.06.